The molecule has 0 fully saturated rings. The number of carboxylic acid groups (broad SMARTS) is 1. The second kappa shape index (κ2) is 6.54. The van der Waals surface area contributed by atoms with Crippen LogP contribution in [0.5, 0.6) is 0 Å². The number of aliphatic hydroxyl groups excluding tert-OH is 1. The lowest BCUT2D eigenvalue weighted by Crippen LogP contribution is -2.55. The predicted molar refractivity (Wildman–Crippen MR) is 74.1 cm³/mol. The van der Waals surface area contributed by atoms with Crippen LogP contribution >= 0.6 is 0 Å². The summed E-state index contributed by atoms with van der Waals surface area (Å²) >= 11 is 0. The minimum Gasteiger partial charge on any atom is -0.465 e. The summed E-state index contributed by atoms with van der Waals surface area (Å²) in [5.74, 6) is 0. The summed E-state index contributed by atoms with van der Waals surface area (Å²) in [4.78, 5) is 11.0. The summed E-state index contributed by atoms with van der Waals surface area (Å²) in [5, 5.41) is 24.9. The molecule has 0 saturated heterocycles. The molecule has 1 rings (SSSR count). The third-order valence-corrected chi connectivity index (χ3v) is 3.13. The first kappa shape index (κ1) is 15.5. The zero-order valence-corrected chi connectivity index (χ0v) is 11.6. The third-order valence-electron chi connectivity index (χ3n) is 3.13. The fourth-order valence-corrected chi connectivity index (χ4v) is 1.91. The maximum Gasteiger partial charge on any atom is 0.405 e. The molecular formula is C14H22N2O3. The summed E-state index contributed by atoms with van der Waals surface area (Å²) in [6, 6.07) is 9.31. The first-order valence-electron chi connectivity index (χ1n) is 6.34. The monoisotopic (exact) mass is 266 g/mol. The van der Waals surface area contributed by atoms with E-state index in [1.807, 2.05) is 32.0 Å². The quantitative estimate of drug-likeness (QED) is 0.629. The van der Waals surface area contributed by atoms with Crippen molar-refractivity contribution in [2.24, 2.45) is 0 Å². The van der Waals surface area contributed by atoms with Crippen LogP contribution in [0.3, 0.4) is 0 Å². The summed E-state index contributed by atoms with van der Waals surface area (Å²) in [7, 11) is 0. The van der Waals surface area contributed by atoms with Gasteiger partial charge in [0.25, 0.3) is 0 Å². The van der Waals surface area contributed by atoms with Gasteiger partial charge in [-0.2, -0.15) is 0 Å². The number of nitrogens with one attached hydrogen (secondary N) is 2. The Kier molecular flexibility index (Phi) is 5.32. The number of hydrogen-bond acceptors (Lipinski definition) is 3. The second-order valence-corrected chi connectivity index (χ2v) is 5.08. The average molecular weight is 266 g/mol. The molecule has 0 aromatic heterocycles. The van der Waals surface area contributed by atoms with Gasteiger partial charge in [-0.25, -0.2) is 4.79 Å². The number of hydrogen-bond donors (Lipinski definition) is 4. The van der Waals surface area contributed by atoms with Crippen molar-refractivity contribution in [1.82, 2.24) is 10.6 Å². The molecule has 0 unspecified atom stereocenters. The topological polar surface area (TPSA) is 81.6 Å². The van der Waals surface area contributed by atoms with Gasteiger partial charge in [0, 0.05) is 12.6 Å². The van der Waals surface area contributed by atoms with Crippen LogP contribution in [0.25, 0.3) is 0 Å². The first-order chi connectivity index (χ1) is 8.86. The Balaban J connectivity index is 2.96. The molecule has 4 N–H and O–H groups in total. The maximum atomic E-state index is 11.0. The molecule has 0 saturated carbocycles. The van der Waals surface area contributed by atoms with Gasteiger partial charge >= 0.3 is 6.09 Å². The smallest absolute Gasteiger partial charge is 0.405 e. The normalized spacial score (nSPS) is 15.8. The highest BCUT2D eigenvalue weighted by atomic mass is 16.4. The Bertz CT molecular complexity index is 408. The van der Waals surface area contributed by atoms with E-state index in [-0.39, 0.29) is 6.04 Å². The first-order valence-corrected chi connectivity index (χ1v) is 6.34. The molecule has 2 atom stereocenters. The van der Waals surface area contributed by atoms with E-state index in [1.54, 1.807) is 19.1 Å². The summed E-state index contributed by atoms with van der Waals surface area (Å²) in [5.41, 5.74) is -0.315. The van der Waals surface area contributed by atoms with Crippen molar-refractivity contribution in [1.29, 1.82) is 0 Å². The Morgan fingerprint density at radius 3 is 2.37 bits per heavy atom. The van der Waals surface area contributed by atoms with Gasteiger partial charge in [-0.15, -0.1) is 0 Å². The van der Waals surface area contributed by atoms with Crippen LogP contribution in [-0.4, -0.2) is 35.0 Å². The van der Waals surface area contributed by atoms with Gasteiger partial charge in [0.05, 0.1) is 11.6 Å². The summed E-state index contributed by atoms with van der Waals surface area (Å²) in [6.45, 7) is 5.93. The zero-order valence-electron chi connectivity index (χ0n) is 11.6. The molecule has 0 aliphatic carbocycles. The molecule has 1 aromatic rings. The van der Waals surface area contributed by atoms with E-state index in [0.717, 1.165) is 5.56 Å². The molecule has 106 valence electrons. The lowest BCUT2D eigenvalue weighted by Gasteiger charge is -2.35. The highest BCUT2D eigenvalue weighted by Crippen LogP contribution is 2.24. The second-order valence-electron chi connectivity index (χ2n) is 5.08. The summed E-state index contributed by atoms with van der Waals surface area (Å²) < 4.78 is 0. The van der Waals surface area contributed by atoms with Crippen LogP contribution in [0.1, 0.15) is 26.3 Å². The van der Waals surface area contributed by atoms with Crippen LogP contribution in [0.4, 0.5) is 4.79 Å². The summed E-state index contributed by atoms with van der Waals surface area (Å²) in [6.07, 6.45) is -2.02. The lowest BCUT2D eigenvalue weighted by atomic mass is 9.86. The van der Waals surface area contributed by atoms with Crippen molar-refractivity contribution in [3.8, 4) is 0 Å². The SMILES string of the molecule is CC(C)NC[C@@H](O)[C@@](C)(NC(=O)O)c1ccccc1. The van der Waals surface area contributed by atoms with E-state index in [9.17, 15) is 9.90 Å². The lowest BCUT2D eigenvalue weighted by molar-refractivity contribution is 0.0645. The van der Waals surface area contributed by atoms with Gasteiger partial charge in [0.2, 0.25) is 0 Å². The van der Waals surface area contributed by atoms with Crippen molar-refractivity contribution in [3.05, 3.63) is 35.9 Å². The molecule has 0 aliphatic heterocycles. The minimum atomic E-state index is -1.16. The Hall–Kier alpha value is -1.59. The van der Waals surface area contributed by atoms with Gasteiger partial charge < -0.3 is 20.8 Å². The molecule has 19 heavy (non-hydrogen) atoms. The van der Waals surface area contributed by atoms with E-state index in [4.69, 9.17) is 5.11 Å². The molecule has 5 heteroatoms. The number of amides is 1. The molecule has 0 spiro atoms. The van der Waals surface area contributed by atoms with E-state index in [0.29, 0.717) is 6.54 Å². The number of carbonyl (C=O) groups is 1. The number of benzene rings is 1. The minimum absolute atomic E-state index is 0.222. The molecule has 0 radical (unpaired) electrons. The highest BCUT2D eigenvalue weighted by Gasteiger charge is 2.36. The fourth-order valence-electron chi connectivity index (χ4n) is 1.91. The molecule has 0 heterocycles. The molecular weight excluding hydrogens is 244 g/mol. The average Bonchev–Trinajstić information content (AvgIpc) is 2.36. The zero-order chi connectivity index (χ0) is 14.5. The van der Waals surface area contributed by atoms with Gasteiger partial charge in [0.15, 0.2) is 0 Å². The van der Waals surface area contributed by atoms with Crippen LogP contribution in [0.2, 0.25) is 0 Å². The molecule has 1 amide bonds. The molecule has 0 bridgehead atoms. The van der Waals surface area contributed by atoms with Gasteiger partial charge in [0.1, 0.15) is 0 Å². The van der Waals surface area contributed by atoms with E-state index < -0.39 is 17.7 Å². The maximum absolute atomic E-state index is 11.0. The Morgan fingerprint density at radius 2 is 1.89 bits per heavy atom. The van der Waals surface area contributed by atoms with Crippen LogP contribution in [0.15, 0.2) is 30.3 Å². The van der Waals surface area contributed by atoms with Crippen molar-refractivity contribution in [3.63, 3.8) is 0 Å². The molecule has 5 nitrogen and oxygen atoms in total. The molecule has 0 aliphatic rings. The van der Waals surface area contributed by atoms with E-state index in [1.165, 1.54) is 0 Å². The third kappa shape index (κ3) is 4.22. The predicted octanol–water partition coefficient (Wildman–Crippen LogP) is 1.53. The Morgan fingerprint density at radius 1 is 1.32 bits per heavy atom. The number of rotatable bonds is 6. The largest absolute Gasteiger partial charge is 0.465 e. The van der Waals surface area contributed by atoms with E-state index in [2.05, 4.69) is 10.6 Å². The number of aliphatic hydroxyl groups is 1. The van der Waals surface area contributed by atoms with Gasteiger partial charge in [-0.3, -0.25) is 0 Å². The van der Waals surface area contributed by atoms with E-state index >= 15 is 0 Å². The van der Waals surface area contributed by atoms with Gasteiger partial charge in [-0.1, -0.05) is 44.2 Å². The van der Waals surface area contributed by atoms with Crippen molar-refractivity contribution >= 4 is 6.09 Å². The standard InChI is InChI=1S/C14H22N2O3/c1-10(2)15-9-12(17)14(3,16-13(18)19)11-7-5-4-6-8-11/h4-8,10,12,15-17H,9H2,1-3H3,(H,18,19)/t12-,14+/m1/s1. The van der Waals surface area contributed by atoms with Crippen molar-refractivity contribution in [2.75, 3.05) is 6.54 Å². The van der Waals surface area contributed by atoms with Crippen molar-refractivity contribution in [2.45, 2.75) is 38.5 Å². The Labute approximate surface area is 113 Å². The van der Waals surface area contributed by atoms with Crippen LogP contribution in [0, 0.1) is 0 Å². The van der Waals surface area contributed by atoms with Crippen molar-refractivity contribution < 1.29 is 15.0 Å². The fraction of sp³-hybridized carbons (Fsp3) is 0.500. The van der Waals surface area contributed by atoms with Gasteiger partial charge in [-0.05, 0) is 12.5 Å². The molecule has 1 aromatic carbocycles. The van der Waals surface area contributed by atoms with Crippen LogP contribution in [-0.2, 0) is 5.54 Å². The highest BCUT2D eigenvalue weighted by molar-refractivity contribution is 5.66. The van der Waals surface area contributed by atoms with Crippen LogP contribution < -0.4 is 10.6 Å².